The average molecular weight is 195 g/mol. The molecule has 1 N–H and O–H groups in total. The van der Waals surface area contributed by atoms with Crippen molar-refractivity contribution in [3.05, 3.63) is 23.5 Å². The van der Waals surface area contributed by atoms with E-state index in [0.29, 0.717) is 11.1 Å². The van der Waals surface area contributed by atoms with Crippen LogP contribution in [0.2, 0.25) is 5.15 Å². The number of hydrogen-bond donors (Lipinski definition) is 1. The molecule has 0 fully saturated rings. The van der Waals surface area contributed by atoms with E-state index in [1.54, 1.807) is 18.3 Å². The summed E-state index contributed by atoms with van der Waals surface area (Å²) in [6, 6.07) is 3.46. The van der Waals surface area contributed by atoms with Crippen LogP contribution < -0.4 is 10.6 Å². The first-order chi connectivity index (χ1) is 6.34. The Bertz CT molecular complexity index is 356. The van der Waals surface area contributed by atoms with Crippen LogP contribution in [0.5, 0.6) is 0 Å². The maximum atomic E-state index is 5.61. The highest BCUT2D eigenvalue weighted by Gasteiger charge is 2.03. The number of anilines is 1. The van der Waals surface area contributed by atoms with Gasteiger partial charge in [-0.15, -0.1) is 10.2 Å². The van der Waals surface area contributed by atoms with Gasteiger partial charge in [0.1, 0.15) is 11.5 Å². The molecule has 1 aromatic rings. The normalized spacial score (nSPS) is 13.8. The Hall–Kier alpha value is -1.62. The van der Waals surface area contributed by atoms with Gasteiger partial charge in [0.15, 0.2) is 0 Å². The van der Waals surface area contributed by atoms with Crippen molar-refractivity contribution >= 4 is 29.6 Å². The van der Waals surface area contributed by atoms with Gasteiger partial charge in [-0.2, -0.15) is 5.32 Å². The Morgan fingerprint density at radius 1 is 1.31 bits per heavy atom. The molecule has 0 spiro atoms. The summed E-state index contributed by atoms with van der Waals surface area (Å²) in [5, 5.41) is 14.5. The van der Waals surface area contributed by atoms with Gasteiger partial charge in [-0.05, 0) is 12.1 Å². The molecule has 6 heteroatoms. The van der Waals surface area contributed by atoms with Crippen molar-refractivity contribution in [3.63, 3.8) is 0 Å². The van der Waals surface area contributed by atoms with Gasteiger partial charge in [0.05, 0.1) is 11.9 Å². The van der Waals surface area contributed by atoms with Crippen LogP contribution in [0, 0.1) is 0 Å². The zero-order valence-corrected chi connectivity index (χ0v) is 7.23. The minimum Gasteiger partial charge on any atom is -0.321 e. The maximum Gasteiger partial charge on any atom is 0.248 e. The Morgan fingerprint density at radius 2 is 2.23 bits per heavy atom. The highest BCUT2D eigenvalue weighted by atomic mass is 35.5. The van der Waals surface area contributed by atoms with Gasteiger partial charge in [0.2, 0.25) is 5.96 Å². The fourth-order valence-electron chi connectivity index (χ4n) is 0.823. The van der Waals surface area contributed by atoms with Gasteiger partial charge in [0.25, 0.3) is 0 Å². The topological polar surface area (TPSA) is 63.7 Å². The van der Waals surface area contributed by atoms with E-state index in [1.165, 1.54) is 6.34 Å². The van der Waals surface area contributed by atoms with Crippen LogP contribution >= 0.6 is 11.6 Å². The van der Waals surface area contributed by atoms with Gasteiger partial charge in [-0.1, -0.05) is 11.6 Å². The second-order valence-electron chi connectivity index (χ2n) is 2.28. The molecule has 0 amide bonds. The summed E-state index contributed by atoms with van der Waals surface area (Å²) < 4.78 is 0. The fourth-order valence-corrected chi connectivity index (χ4v) is 0.935. The Kier molecular flexibility index (Phi) is 2.09. The van der Waals surface area contributed by atoms with Crippen molar-refractivity contribution in [1.29, 1.82) is 0 Å². The minimum atomic E-state index is 0.448. The summed E-state index contributed by atoms with van der Waals surface area (Å²) in [5.41, 5.74) is 0.775. The van der Waals surface area contributed by atoms with E-state index >= 15 is 0 Å². The standard InChI is InChI=1S/C7H5ClN5/c8-6-2-1-5(3-9-6)12-7-10-4-11-13-7/h1-4H,(H,12,13). The van der Waals surface area contributed by atoms with E-state index in [0.717, 1.165) is 5.69 Å². The molecule has 0 aliphatic carbocycles. The first kappa shape index (κ1) is 8.00. The molecule has 5 nitrogen and oxygen atoms in total. The minimum absolute atomic E-state index is 0.448. The molecule has 0 saturated carbocycles. The zero-order chi connectivity index (χ0) is 9.10. The Morgan fingerprint density at radius 3 is 2.85 bits per heavy atom. The lowest BCUT2D eigenvalue weighted by atomic mass is 10.4. The highest BCUT2D eigenvalue weighted by molar-refractivity contribution is 6.29. The summed E-state index contributed by atoms with van der Waals surface area (Å²) >= 11 is 5.61. The number of guanidine groups is 1. The van der Waals surface area contributed by atoms with Gasteiger partial charge in [-0.3, -0.25) is 0 Å². The van der Waals surface area contributed by atoms with E-state index in [-0.39, 0.29) is 0 Å². The molecule has 1 radical (unpaired) electrons. The van der Waals surface area contributed by atoms with Crippen LogP contribution in [0.15, 0.2) is 28.5 Å². The van der Waals surface area contributed by atoms with Crippen molar-refractivity contribution in [3.8, 4) is 0 Å². The van der Waals surface area contributed by atoms with Crippen LogP contribution in [0.1, 0.15) is 0 Å². The first-order valence-electron chi connectivity index (χ1n) is 3.53. The third-order valence-corrected chi connectivity index (χ3v) is 1.59. The van der Waals surface area contributed by atoms with Crippen LogP contribution in [0.3, 0.4) is 0 Å². The molecule has 0 saturated heterocycles. The van der Waals surface area contributed by atoms with Gasteiger partial charge in [0, 0.05) is 0 Å². The van der Waals surface area contributed by atoms with E-state index in [9.17, 15) is 0 Å². The number of rotatable bonds is 1. The van der Waals surface area contributed by atoms with E-state index in [2.05, 4.69) is 25.8 Å². The average Bonchev–Trinajstić information content (AvgIpc) is 2.62. The molecule has 0 unspecified atom stereocenters. The summed E-state index contributed by atoms with van der Waals surface area (Å²) in [4.78, 5) is 3.89. The Balaban J connectivity index is 2.06. The van der Waals surface area contributed by atoms with Gasteiger partial charge in [-0.25, -0.2) is 4.98 Å². The summed E-state index contributed by atoms with van der Waals surface area (Å²) in [6.45, 7) is 0. The van der Waals surface area contributed by atoms with Crippen molar-refractivity contribution in [2.24, 2.45) is 10.2 Å². The van der Waals surface area contributed by atoms with Gasteiger partial charge >= 0.3 is 0 Å². The van der Waals surface area contributed by atoms with Crippen LogP contribution in [0.25, 0.3) is 0 Å². The van der Waals surface area contributed by atoms with Crippen molar-refractivity contribution in [2.75, 3.05) is 5.32 Å². The number of pyridine rings is 1. The highest BCUT2D eigenvalue weighted by Crippen LogP contribution is 2.09. The first-order valence-corrected chi connectivity index (χ1v) is 3.91. The smallest absolute Gasteiger partial charge is 0.248 e. The largest absolute Gasteiger partial charge is 0.321 e. The quantitative estimate of drug-likeness (QED) is 0.680. The van der Waals surface area contributed by atoms with Crippen molar-refractivity contribution in [2.45, 2.75) is 0 Å². The molecule has 0 bridgehead atoms. The predicted molar refractivity (Wildman–Crippen MR) is 50.9 cm³/mol. The summed E-state index contributed by atoms with van der Waals surface area (Å²) in [5.74, 6) is 0.448. The molecule has 0 aromatic carbocycles. The molecule has 65 valence electrons. The summed E-state index contributed by atoms with van der Waals surface area (Å²) in [7, 11) is 0. The second-order valence-corrected chi connectivity index (χ2v) is 2.67. The van der Waals surface area contributed by atoms with Crippen LogP contribution in [-0.2, 0) is 0 Å². The zero-order valence-electron chi connectivity index (χ0n) is 6.48. The number of nitrogens with zero attached hydrogens (tertiary/aromatic N) is 4. The predicted octanol–water partition coefficient (Wildman–Crippen LogP) is 1.06. The van der Waals surface area contributed by atoms with E-state index in [1.807, 2.05) is 0 Å². The molecule has 2 rings (SSSR count). The molecule has 1 aromatic heterocycles. The number of nitrogens with one attached hydrogen (secondary N) is 1. The fraction of sp³-hybridized carbons (Fsp3) is 0. The number of halogens is 1. The van der Waals surface area contributed by atoms with E-state index in [4.69, 9.17) is 11.6 Å². The van der Waals surface area contributed by atoms with Gasteiger partial charge < -0.3 is 5.32 Å². The Labute approximate surface area is 79.5 Å². The molecular weight excluding hydrogens is 190 g/mol. The lowest BCUT2D eigenvalue weighted by molar-refractivity contribution is 1.26. The van der Waals surface area contributed by atoms with E-state index < -0.39 is 0 Å². The summed E-state index contributed by atoms with van der Waals surface area (Å²) in [6.07, 6.45) is 2.96. The SMILES string of the molecule is Clc1ccc(NC2=NN=C[N]2)cn1. The third-order valence-electron chi connectivity index (χ3n) is 1.37. The molecular formula is C7H5ClN5. The lowest BCUT2D eigenvalue weighted by Gasteiger charge is -2.01. The monoisotopic (exact) mass is 194 g/mol. The van der Waals surface area contributed by atoms with Crippen molar-refractivity contribution < 1.29 is 0 Å². The van der Waals surface area contributed by atoms with Crippen molar-refractivity contribution in [1.82, 2.24) is 10.3 Å². The number of aromatic nitrogens is 1. The maximum absolute atomic E-state index is 5.61. The van der Waals surface area contributed by atoms with Crippen LogP contribution in [0.4, 0.5) is 5.69 Å². The number of hydrogen-bond acceptors (Lipinski definition) is 4. The molecule has 2 heterocycles. The lowest BCUT2D eigenvalue weighted by Crippen LogP contribution is -2.19. The molecule has 1 aliphatic heterocycles. The molecule has 0 atom stereocenters. The second kappa shape index (κ2) is 3.40. The van der Waals surface area contributed by atoms with Crippen LogP contribution in [-0.4, -0.2) is 17.3 Å². The molecule has 13 heavy (non-hydrogen) atoms. The molecule has 1 aliphatic rings. The third kappa shape index (κ3) is 1.94.